The molecule has 2 heteroatoms. The van der Waals surface area contributed by atoms with Gasteiger partial charge < -0.3 is 10.1 Å². The highest BCUT2D eigenvalue weighted by Crippen LogP contribution is 2.31. The molecule has 0 bridgehead atoms. The lowest BCUT2D eigenvalue weighted by Crippen LogP contribution is -2.46. The summed E-state index contributed by atoms with van der Waals surface area (Å²) in [4.78, 5) is 0. The average molecular weight is 197 g/mol. The minimum Gasteiger partial charge on any atom is -0.373 e. The monoisotopic (exact) mass is 197 g/mol. The van der Waals surface area contributed by atoms with Gasteiger partial charge in [-0.2, -0.15) is 0 Å². The summed E-state index contributed by atoms with van der Waals surface area (Å²) in [6, 6.07) is 0.604. The summed E-state index contributed by atoms with van der Waals surface area (Å²) >= 11 is 0. The fraction of sp³-hybridized carbons (Fsp3) is 1.00. The predicted octanol–water partition coefficient (Wildman–Crippen LogP) is 2.33. The maximum absolute atomic E-state index is 6.14. The van der Waals surface area contributed by atoms with E-state index in [1.165, 1.54) is 38.5 Å². The van der Waals surface area contributed by atoms with E-state index in [-0.39, 0.29) is 0 Å². The van der Waals surface area contributed by atoms with Crippen LogP contribution >= 0.6 is 0 Å². The molecule has 0 aliphatic heterocycles. The lowest BCUT2D eigenvalue weighted by molar-refractivity contribution is -0.0840. The summed E-state index contributed by atoms with van der Waals surface area (Å²) in [7, 11) is 2.07. The van der Waals surface area contributed by atoms with Crippen LogP contribution in [0, 0.1) is 5.92 Å². The van der Waals surface area contributed by atoms with Gasteiger partial charge >= 0.3 is 0 Å². The zero-order valence-corrected chi connectivity index (χ0v) is 9.46. The van der Waals surface area contributed by atoms with E-state index in [0.29, 0.717) is 18.2 Å². The maximum atomic E-state index is 6.14. The van der Waals surface area contributed by atoms with Gasteiger partial charge in [0.25, 0.3) is 0 Å². The zero-order chi connectivity index (χ0) is 9.97. The molecule has 3 unspecified atom stereocenters. The minimum atomic E-state index is 0.481. The quantitative estimate of drug-likeness (QED) is 0.750. The Labute approximate surface area is 87.4 Å². The molecule has 82 valence electrons. The molecular weight excluding hydrogens is 174 g/mol. The van der Waals surface area contributed by atoms with Crippen molar-refractivity contribution in [1.82, 2.24) is 5.32 Å². The van der Waals surface area contributed by atoms with E-state index in [9.17, 15) is 0 Å². The van der Waals surface area contributed by atoms with Gasteiger partial charge in [-0.25, -0.2) is 0 Å². The van der Waals surface area contributed by atoms with Crippen LogP contribution in [0.2, 0.25) is 0 Å². The van der Waals surface area contributed by atoms with Crippen LogP contribution in [0.15, 0.2) is 0 Å². The van der Waals surface area contributed by atoms with Crippen molar-refractivity contribution < 1.29 is 4.74 Å². The molecule has 2 fully saturated rings. The first-order valence-corrected chi connectivity index (χ1v) is 6.12. The summed E-state index contributed by atoms with van der Waals surface area (Å²) in [6.07, 6.45) is 8.92. The fourth-order valence-electron chi connectivity index (χ4n) is 2.56. The number of hydrogen-bond acceptors (Lipinski definition) is 2. The van der Waals surface area contributed by atoms with Crippen LogP contribution < -0.4 is 5.32 Å². The molecule has 0 radical (unpaired) electrons. The smallest absolute Gasteiger partial charge is 0.0734 e. The van der Waals surface area contributed by atoms with Crippen molar-refractivity contribution in [3.05, 3.63) is 0 Å². The van der Waals surface area contributed by atoms with Crippen molar-refractivity contribution in [2.24, 2.45) is 5.92 Å². The standard InChI is InChI=1S/C12H23NO/c1-9-6-7-11(13-2)12(8-9)14-10-4-3-5-10/h9-13H,3-8H2,1-2H3. The summed E-state index contributed by atoms with van der Waals surface area (Å²) in [5.41, 5.74) is 0. The summed E-state index contributed by atoms with van der Waals surface area (Å²) < 4.78 is 6.14. The molecule has 0 aromatic heterocycles. The van der Waals surface area contributed by atoms with E-state index in [1.807, 2.05) is 0 Å². The number of nitrogens with one attached hydrogen (secondary N) is 1. The topological polar surface area (TPSA) is 21.3 Å². The molecule has 2 aliphatic rings. The highest BCUT2D eigenvalue weighted by molar-refractivity contribution is 4.85. The van der Waals surface area contributed by atoms with Gasteiger partial charge in [0, 0.05) is 6.04 Å². The second-order valence-corrected chi connectivity index (χ2v) is 5.04. The molecule has 0 aromatic rings. The summed E-state index contributed by atoms with van der Waals surface area (Å²) in [6.45, 7) is 2.35. The van der Waals surface area contributed by atoms with E-state index in [2.05, 4.69) is 19.3 Å². The highest BCUT2D eigenvalue weighted by atomic mass is 16.5. The van der Waals surface area contributed by atoms with Crippen molar-refractivity contribution in [1.29, 1.82) is 0 Å². The van der Waals surface area contributed by atoms with Gasteiger partial charge in [-0.1, -0.05) is 6.92 Å². The van der Waals surface area contributed by atoms with Crippen molar-refractivity contribution in [3.8, 4) is 0 Å². The van der Waals surface area contributed by atoms with Crippen LogP contribution in [0.1, 0.15) is 45.4 Å². The van der Waals surface area contributed by atoms with Crippen LogP contribution in [-0.4, -0.2) is 25.3 Å². The lowest BCUT2D eigenvalue weighted by atomic mass is 9.84. The molecule has 2 saturated carbocycles. The van der Waals surface area contributed by atoms with Gasteiger partial charge in [0.05, 0.1) is 12.2 Å². The third-order valence-electron chi connectivity index (χ3n) is 3.84. The van der Waals surface area contributed by atoms with Crippen LogP contribution in [0.5, 0.6) is 0 Å². The Hall–Kier alpha value is -0.0800. The minimum absolute atomic E-state index is 0.481. The number of rotatable bonds is 3. The first-order valence-electron chi connectivity index (χ1n) is 6.12. The predicted molar refractivity (Wildman–Crippen MR) is 58.4 cm³/mol. The summed E-state index contributed by atoms with van der Waals surface area (Å²) in [5.74, 6) is 0.852. The molecule has 0 amide bonds. The van der Waals surface area contributed by atoms with Crippen molar-refractivity contribution >= 4 is 0 Å². The zero-order valence-electron chi connectivity index (χ0n) is 9.46. The van der Waals surface area contributed by atoms with E-state index >= 15 is 0 Å². The number of ether oxygens (including phenoxy) is 1. The van der Waals surface area contributed by atoms with Gasteiger partial charge in [0.1, 0.15) is 0 Å². The van der Waals surface area contributed by atoms with E-state index in [1.54, 1.807) is 0 Å². The highest BCUT2D eigenvalue weighted by Gasteiger charge is 2.31. The second kappa shape index (κ2) is 4.63. The molecule has 0 spiro atoms. The molecule has 2 nitrogen and oxygen atoms in total. The molecule has 2 aliphatic carbocycles. The van der Waals surface area contributed by atoms with Gasteiger partial charge in [-0.15, -0.1) is 0 Å². The van der Waals surface area contributed by atoms with Gasteiger partial charge in [0.2, 0.25) is 0 Å². The van der Waals surface area contributed by atoms with Crippen molar-refractivity contribution in [2.75, 3.05) is 7.05 Å². The van der Waals surface area contributed by atoms with E-state index in [4.69, 9.17) is 4.74 Å². The normalized spacial score (nSPS) is 39.4. The lowest BCUT2D eigenvalue weighted by Gasteiger charge is -2.39. The Morgan fingerprint density at radius 1 is 1.14 bits per heavy atom. The Morgan fingerprint density at radius 2 is 1.93 bits per heavy atom. The maximum Gasteiger partial charge on any atom is 0.0734 e. The first kappa shape index (κ1) is 10.4. The van der Waals surface area contributed by atoms with Crippen LogP contribution in [-0.2, 0) is 4.74 Å². The third-order valence-corrected chi connectivity index (χ3v) is 3.84. The van der Waals surface area contributed by atoms with Gasteiger partial charge in [-0.05, 0) is 51.5 Å². The Morgan fingerprint density at radius 3 is 2.50 bits per heavy atom. The molecule has 3 atom stereocenters. The van der Waals surface area contributed by atoms with Crippen molar-refractivity contribution in [2.45, 2.75) is 63.7 Å². The summed E-state index contributed by atoms with van der Waals surface area (Å²) in [5, 5.41) is 3.40. The molecule has 14 heavy (non-hydrogen) atoms. The Bertz CT molecular complexity index is 179. The molecule has 0 heterocycles. The molecule has 1 N–H and O–H groups in total. The first-order chi connectivity index (χ1) is 6.79. The van der Waals surface area contributed by atoms with Crippen molar-refractivity contribution in [3.63, 3.8) is 0 Å². The van der Waals surface area contributed by atoms with Crippen LogP contribution in [0.4, 0.5) is 0 Å². The van der Waals surface area contributed by atoms with E-state index in [0.717, 1.165) is 5.92 Å². The number of hydrogen-bond donors (Lipinski definition) is 1. The van der Waals surface area contributed by atoms with Gasteiger partial charge in [-0.3, -0.25) is 0 Å². The van der Waals surface area contributed by atoms with Crippen LogP contribution in [0.25, 0.3) is 0 Å². The molecule has 0 aromatic carbocycles. The van der Waals surface area contributed by atoms with E-state index < -0.39 is 0 Å². The van der Waals surface area contributed by atoms with Gasteiger partial charge in [0.15, 0.2) is 0 Å². The molecule has 2 rings (SSSR count). The Balaban J connectivity index is 1.84. The molecule has 0 saturated heterocycles. The largest absolute Gasteiger partial charge is 0.373 e. The van der Waals surface area contributed by atoms with Crippen LogP contribution in [0.3, 0.4) is 0 Å². The number of likely N-dealkylation sites (N-methyl/N-ethyl adjacent to an activating group) is 1. The third kappa shape index (κ3) is 2.29. The molecular formula is C12H23NO. The fourth-order valence-corrected chi connectivity index (χ4v) is 2.56. The SMILES string of the molecule is CNC1CCC(C)CC1OC1CCC1. The Kier molecular flexibility index (Phi) is 3.45. The second-order valence-electron chi connectivity index (χ2n) is 5.04. The average Bonchev–Trinajstić information content (AvgIpc) is 2.12.